The van der Waals surface area contributed by atoms with Crippen LogP contribution in [0.1, 0.15) is 11.8 Å². The quantitative estimate of drug-likeness (QED) is 0.849. The zero-order valence-corrected chi connectivity index (χ0v) is 11.2. The lowest BCUT2D eigenvalue weighted by Gasteiger charge is -2.17. The van der Waals surface area contributed by atoms with Gasteiger partial charge in [0, 0.05) is 4.88 Å². The fourth-order valence-corrected chi connectivity index (χ4v) is 2.73. The number of aryl methyl sites for hydroxylation is 1. The molecular formula is C12H12N6S. The number of nitrogen functional groups attached to an aromatic ring is 1. The summed E-state index contributed by atoms with van der Waals surface area (Å²) in [5, 5.41) is 18.5. The Hall–Kier alpha value is -2.38. The van der Waals surface area contributed by atoms with Gasteiger partial charge in [-0.2, -0.15) is 15.5 Å². The Balaban J connectivity index is 2.60. The van der Waals surface area contributed by atoms with Crippen molar-refractivity contribution in [2.24, 2.45) is 0 Å². The molecule has 0 aliphatic rings. The number of nitriles is 2. The van der Waals surface area contributed by atoms with Gasteiger partial charge < -0.3 is 10.6 Å². The first kappa shape index (κ1) is 13.1. The molecule has 2 heterocycles. The van der Waals surface area contributed by atoms with Crippen LogP contribution in [0.4, 0.5) is 11.8 Å². The first-order valence-electron chi connectivity index (χ1n) is 5.74. The van der Waals surface area contributed by atoms with E-state index >= 15 is 0 Å². The number of rotatable bonds is 4. The number of fused-ring (bicyclic) bond motifs is 1. The molecule has 2 N–H and O–H groups in total. The Morgan fingerprint density at radius 1 is 1.32 bits per heavy atom. The van der Waals surface area contributed by atoms with Crippen LogP contribution in [0.25, 0.3) is 10.2 Å². The van der Waals surface area contributed by atoms with Gasteiger partial charge in [0.15, 0.2) is 0 Å². The minimum absolute atomic E-state index is 0.0937. The second-order valence-electron chi connectivity index (χ2n) is 3.86. The molecule has 0 aliphatic carbocycles. The summed E-state index contributed by atoms with van der Waals surface area (Å²) in [6.07, 6.45) is 0.900. The molecule has 19 heavy (non-hydrogen) atoms. The van der Waals surface area contributed by atoms with Crippen LogP contribution in [-0.4, -0.2) is 23.1 Å². The maximum Gasteiger partial charge on any atom is 0.223 e. The minimum atomic E-state index is 0.0937. The molecular weight excluding hydrogens is 260 g/mol. The Kier molecular flexibility index (Phi) is 3.79. The number of aromatic nitrogens is 2. The van der Waals surface area contributed by atoms with E-state index in [2.05, 4.69) is 16.9 Å². The summed E-state index contributed by atoms with van der Waals surface area (Å²) >= 11 is 1.56. The van der Waals surface area contributed by atoms with Crippen LogP contribution in [-0.2, 0) is 6.42 Å². The molecule has 0 aromatic carbocycles. The first-order chi connectivity index (χ1) is 9.19. The molecule has 0 aliphatic heterocycles. The second-order valence-corrected chi connectivity index (χ2v) is 4.98. The molecule has 0 saturated carbocycles. The fourth-order valence-electron chi connectivity index (χ4n) is 1.76. The number of nitrogens with two attached hydrogens (primary N) is 1. The Bertz CT molecular complexity index is 662. The predicted molar refractivity (Wildman–Crippen MR) is 74.6 cm³/mol. The largest absolute Gasteiger partial charge is 0.368 e. The van der Waals surface area contributed by atoms with Crippen LogP contribution in [0.15, 0.2) is 6.07 Å². The third kappa shape index (κ3) is 2.56. The van der Waals surface area contributed by atoms with Crippen molar-refractivity contribution >= 4 is 33.3 Å². The van der Waals surface area contributed by atoms with Crippen molar-refractivity contribution < 1.29 is 0 Å². The highest BCUT2D eigenvalue weighted by atomic mass is 32.1. The van der Waals surface area contributed by atoms with Crippen molar-refractivity contribution in [2.45, 2.75) is 13.3 Å². The summed E-state index contributed by atoms with van der Waals surface area (Å²) in [6, 6.07) is 6.06. The summed E-state index contributed by atoms with van der Waals surface area (Å²) in [6.45, 7) is 2.25. The molecule has 0 saturated heterocycles. The number of hydrogen-bond acceptors (Lipinski definition) is 7. The highest BCUT2D eigenvalue weighted by Crippen LogP contribution is 2.31. The standard InChI is InChI=1S/C12H12N6S/c1-2-8-7-9-10(18(5-3-13)6-4-14)16-12(15)17-11(9)19-8/h7H,2,5-6H2,1H3,(H2,15,16,17). The summed E-state index contributed by atoms with van der Waals surface area (Å²) in [4.78, 5) is 12.0. The monoisotopic (exact) mass is 272 g/mol. The van der Waals surface area contributed by atoms with Gasteiger partial charge in [-0.3, -0.25) is 0 Å². The molecule has 0 bridgehead atoms. The van der Waals surface area contributed by atoms with Gasteiger partial charge in [0.25, 0.3) is 0 Å². The van der Waals surface area contributed by atoms with Crippen LogP contribution in [0, 0.1) is 22.7 Å². The highest BCUT2D eigenvalue weighted by Gasteiger charge is 2.15. The second kappa shape index (κ2) is 5.51. The Labute approximate surface area is 114 Å². The number of nitrogens with zero attached hydrogens (tertiary/aromatic N) is 5. The van der Waals surface area contributed by atoms with E-state index in [1.165, 1.54) is 4.88 Å². The number of thiophene rings is 1. The molecule has 0 fully saturated rings. The van der Waals surface area contributed by atoms with Crippen LogP contribution >= 0.6 is 11.3 Å². The van der Waals surface area contributed by atoms with Gasteiger partial charge in [-0.1, -0.05) is 6.92 Å². The summed E-state index contributed by atoms with van der Waals surface area (Å²) < 4.78 is 0. The summed E-state index contributed by atoms with van der Waals surface area (Å²) in [5.41, 5.74) is 5.70. The lowest BCUT2D eigenvalue weighted by molar-refractivity contribution is 0.941. The van der Waals surface area contributed by atoms with Gasteiger partial charge in [0.1, 0.15) is 23.7 Å². The van der Waals surface area contributed by atoms with Crippen molar-refractivity contribution in [3.63, 3.8) is 0 Å². The van der Waals surface area contributed by atoms with Crippen LogP contribution in [0.2, 0.25) is 0 Å². The maximum atomic E-state index is 8.84. The average Bonchev–Trinajstić information content (AvgIpc) is 2.80. The van der Waals surface area contributed by atoms with Crippen molar-refractivity contribution in [3.8, 4) is 12.1 Å². The van der Waals surface area contributed by atoms with E-state index < -0.39 is 0 Å². The van der Waals surface area contributed by atoms with Gasteiger partial charge in [0.2, 0.25) is 5.95 Å². The molecule has 2 rings (SSSR count). The molecule has 6 nitrogen and oxygen atoms in total. The summed E-state index contributed by atoms with van der Waals surface area (Å²) in [7, 11) is 0. The van der Waals surface area contributed by atoms with Crippen molar-refractivity contribution in [1.29, 1.82) is 10.5 Å². The average molecular weight is 272 g/mol. The van der Waals surface area contributed by atoms with E-state index in [-0.39, 0.29) is 19.0 Å². The molecule has 2 aromatic rings. The smallest absolute Gasteiger partial charge is 0.223 e. The lowest BCUT2D eigenvalue weighted by atomic mass is 10.3. The van der Waals surface area contributed by atoms with Crippen LogP contribution in [0.5, 0.6) is 0 Å². The summed E-state index contributed by atoms with van der Waals surface area (Å²) in [5.74, 6) is 0.717. The number of hydrogen-bond donors (Lipinski definition) is 1. The topological polar surface area (TPSA) is 103 Å². The van der Waals surface area contributed by atoms with E-state index in [9.17, 15) is 0 Å². The molecule has 2 aromatic heterocycles. The molecule has 0 radical (unpaired) electrons. The Morgan fingerprint density at radius 2 is 2.00 bits per heavy atom. The highest BCUT2D eigenvalue weighted by molar-refractivity contribution is 7.18. The molecule has 0 spiro atoms. The number of anilines is 2. The third-order valence-corrected chi connectivity index (χ3v) is 3.79. The molecule has 96 valence electrons. The normalized spacial score (nSPS) is 10.1. The van der Waals surface area contributed by atoms with E-state index in [0.29, 0.717) is 5.82 Å². The van der Waals surface area contributed by atoms with Crippen LogP contribution in [0.3, 0.4) is 0 Å². The minimum Gasteiger partial charge on any atom is -0.368 e. The molecule has 0 atom stereocenters. The maximum absolute atomic E-state index is 8.84. The van der Waals surface area contributed by atoms with Gasteiger partial charge in [0.05, 0.1) is 17.5 Å². The molecule has 7 heteroatoms. The molecule has 0 unspecified atom stereocenters. The lowest BCUT2D eigenvalue weighted by Crippen LogP contribution is -2.25. The van der Waals surface area contributed by atoms with Crippen molar-refractivity contribution in [2.75, 3.05) is 23.7 Å². The van der Waals surface area contributed by atoms with E-state index in [0.717, 1.165) is 16.6 Å². The van der Waals surface area contributed by atoms with Crippen molar-refractivity contribution in [1.82, 2.24) is 9.97 Å². The van der Waals surface area contributed by atoms with E-state index in [1.807, 2.05) is 18.2 Å². The zero-order chi connectivity index (χ0) is 13.8. The van der Waals surface area contributed by atoms with Crippen LogP contribution < -0.4 is 10.6 Å². The predicted octanol–water partition coefficient (Wildman–Crippen LogP) is 1.69. The first-order valence-corrected chi connectivity index (χ1v) is 6.56. The van der Waals surface area contributed by atoms with E-state index in [1.54, 1.807) is 16.2 Å². The van der Waals surface area contributed by atoms with E-state index in [4.69, 9.17) is 16.3 Å². The van der Waals surface area contributed by atoms with Gasteiger partial charge in [-0.05, 0) is 12.5 Å². The van der Waals surface area contributed by atoms with Gasteiger partial charge >= 0.3 is 0 Å². The zero-order valence-electron chi connectivity index (χ0n) is 10.4. The van der Waals surface area contributed by atoms with Crippen molar-refractivity contribution in [3.05, 3.63) is 10.9 Å². The molecule has 0 amide bonds. The third-order valence-electron chi connectivity index (χ3n) is 2.61. The fraction of sp³-hybridized carbons (Fsp3) is 0.333. The Morgan fingerprint density at radius 3 is 2.58 bits per heavy atom. The van der Waals surface area contributed by atoms with Gasteiger partial charge in [-0.25, -0.2) is 4.98 Å². The SMILES string of the molecule is CCc1cc2c(N(CC#N)CC#N)nc(N)nc2s1. The van der Waals surface area contributed by atoms with Gasteiger partial charge in [-0.15, -0.1) is 11.3 Å².